The molecular weight excluding hydrogens is 252 g/mol. The van der Waals surface area contributed by atoms with Gasteiger partial charge in [0.2, 0.25) is 0 Å². The summed E-state index contributed by atoms with van der Waals surface area (Å²) in [5.41, 5.74) is 0.989. The van der Waals surface area contributed by atoms with Gasteiger partial charge in [-0.05, 0) is 45.2 Å². The third-order valence-corrected chi connectivity index (χ3v) is 2.99. The maximum absolute atomic E-state index is 5.77. The fourth-order valence-corrected chi connectivity index (χ4v) is 1.79. The Morgan fingerprint density at radius 2 is 1.95 bits per heavy atom. The first kappa shape index (κ1) is 14.3. The zero-order chi connectivity index (χ0) is 14.4. The van der Waals surface area contributed by atoms with Crippen molar-refractivity contribution in [1.82, 2.24) is 10.3 Å². The van der Waals surface area contributed by atoms with E-state index in [0.717, 1.165) is 17.2 Å². The van der Waals surface area contributed by atoms with Crippen LogP contribution >= 0.6 is 0 Å². The lowest BCUT2D eigenvalue weighted by Gasteiger charge is -2.11. The first-order valence-corrected chi connectivity index (χ1v) is 6.77. The second-order valence-electron chi connectivity index (χ2n) is 4.44. The molecule has 0 saturated carbocycles. The SMILES string of the molecule is CCOc1cccc(Oc2ccc(C(C)NC)nc2)c1. The highest BCUT2D eigenvalue weighted by molar-refractivity contribution is 5.36. The molecule has 20 heavy (non-hydrogen) atoms. The number of nitrogens with one attached hydrogen (secondary N) is 1. The Morgan fingerprint density at radius 1 is 1.15 bits per heavy atom. The van der Waals surface area contributed by atoms with Crippen molar-refractivity contribution in [2.45, 2.75) is 19.9 Å². The molecule has 0 aliphatic rings. The van der Waals surface area contributed by atoms with E-state index in [1.165, 1.54) is 0 Å². The van der Waals surface area contributed by atoms with Crippen LogP contribution in [0.5, 0.6) is 17.2 Å². The number of aromatic nitrogens is 1. The molecule has 1 unspecified atom stereocenters. The molecule has 2 rings (SSSR count). The van der Waals surface area contributed by atoms with Gasteiger partial charge >= 0.3 is 0 Å². The van der Waals surface area contributed by atoms with Crippen LogP contribution in [-0.4, -0.2) is 18.6 Å². The normalized spacial score (nSPS) is 11.9. The van der Waals surface area contributed by atoms with Crippen molar-refractivity contribution in [2.75, 3.05) is 13.7 Å². The highest BCUT2D eigenvalue weighted by Gasteiger charge is 2.05. The second-order valence-corrected chi connectivity index (χ2v) is 4.44. The van der Waals surface area contributed by atoms with Gasteiger partial charge in [0.15, 0.2) is 0 Å². The third-order valence-electron chi connectivity index (χ3n) is 2.99. The third kappa shape index (κ3) is 3.71. The van der Waals surface area contributed by atoms with Gasteiger partial charge in [-0.15, -0.1) is 0 Å². The Balaban J connectivity index is 2.08. The topological polar surface area (TPSA) is 43.4 Å². The van der Waals surface area contributed by atoms with Crippen molar-refractivity contribution in [3.63, 3.8) is 0 Å². The quantitative estimate of drug-likeness (QED) is 0.873. The van der Waals surface area contributed by atoms with Gasteiger partial charge in [-0.2, -0.15) is 0 Å². The van der Waals surface area contributed by atoms with E-state index in [-0.39, 0.29) is 6.04 Å². The largest absolute Gasteiger partial charge is 0.494 e. The van der Waals surface area contributed by atoms with Crippen LogP contribution in [0.2, 0.25) is 0 Å². The van der Waals surface area contributed by atoms with Gasteiger partial charge in [0.1, 0.15) is 17.2 Å². The summed E-state index contributed by atoms with van der Waals surface area (Å²) in [5.74, 6) is 2.26. The lowest BCUT2D eigenvalue weighted by atomic mass is 10.2. The minimum absolute atomic E-state index is 0.227. The van der Waals surface area contributed by atoms with E-state index < -0.39 is 0 Å². The molecule has 4 nitrogen and oxygen atoms in total. The monoisotopic (exact) mass is 272 g/mol. The van der Waals surface area contributed by atoms with E-state index in [2.05, 4.69) is 17.2 Å². The molecular formula is C16H20N2O2. The van der Waals surface area contributed by atoms with E-state index in [0.29, 0.717) is 12.4 Å². The van der Waals surface area contributed by atoms with Gasteiger partial charge in [0.25, 0.3) is 0 Å². The summed E-state index contributed by atoms with van der Waals surface area (Å²) in [6.07, 6.45) is 1.73. The van der Waals surface area contributed by atoms with Crippen molar-refractivity contribution in [3.05, 3.63) is 48.3 Å². The van der Waals surface area contributed by atoms with Gasteiger partial charge < -0.3 is 14.8 Å². The van der Waals surface area contributed by atoms with E-state index >= 15 is 0 Å². The average Bonchev–Trinajstić information content (AvgIpc) is 2.48. The number of benzene rings is 1. The minimum atomic E-state index is 0.227. The van der Waals surface area contributed by atoms with Gasteiger partial charge in [0.05, 0.1) is 18.5 Å². The van der Waals surface area contributed by atoms with E-state index in [1.807, 2.05) is 50.4 Å². The van der Waals surface area contributed by atoms with Crippen molar-refractivity contribution in [3.8, 4) is 17.2 Å². The molecule has 1 N–H and O–H groups in total. The molecule has 1 aromatic carbocycles. The van der Waals surface area contributed by atoms with Gasteiger partial charge in [-0.25, -0.2) is 0 Å². The summed E-state index contributed by atoms with van der Waals surface area (Å²) < 4.78 is 11.2. The number of ether oxygens (including phenoxy) is 2. The molecule has 4 heteroatoms. The highest BCUT2D eigenvalue weighted by Crippen LogP contribution is 2.25. The Morgan fingerprint density at radius 3 is 2.60 bits per heavy atom. The molecule has 0 amide bonds. The molecule has 1 atom stereocenters. The molecule has 0 aliphatic heterocycles. The number of rotatable bonds is 6. The van der Waals surface area contributed by atoms with Gasteiger partial charge in [-0.3, -0.25) is 4.98 Å². The van der Waals surface area contributed by atoms with Crippen molar-refractivity contribution in [2.24, 2.45) is 0 Å². The lowest BCUT2D eigenvalue weighted by Crippen LogP contribution is -2.13. The Hall–Kier alpha value is -2.07. The standard InChI is InChI=1S/C16H20N2O2/c1-4-19-13-6-5-7-14(10-13)20-15-8-9-16(18-11-15)12(2)17-3/h5-12,17H,4H2,1-3H3. The first-order chi connectivity index (χ1) is 9.72. The average molecular weight is 272 g/mol. The molecule has 0 saturated heterocycles. The zero-order valence-electron chi connectivity index (χ0n) is 12.1. The number of nitrogens with zero attached hydrogens (tertiary/aromatic N) is 1. The van der Waals surface area contributed by atoms with Crippen molar-refractivity contribution >= 4 is 0 Å². The fourth-order valence-electron chi connectivity index (χ4n) is 1.79. The molecule has 106 valence electrons. The van der Waals surface area contributed by atoms with Crippen LogP contribution < -0.4 is 14.8 Å². The lowest BCUT2D eigenvalue weighted by molar-refractivity contribution is 0.338. The molecule has 0 bridgehead atoms. The van der Waals surface area contributed by atoms with Crippen LogP contribution in [0.4, 0.5) is 0 Å². The highest BCUT2D eigenvalue weighted by atomic mass is 16.5. The summed E-state index contributed by atoms with van der Waals surface area (Å²) in [6.45, 7) is 4.66. The first-order valence-electron chi connectivity index (χ1n) is 6.77. The van der Waals surface area contributed by atoms with E-state index in [9.17, 15) is 0 Å². The number of hydrogen-bond donors (Lipinski definition) is 1. The smallest absolute Gasteiger partial charge is 0.145 e. The summed E-state index contributed by atoms with van der Waals surface area (Å²) in [7, 11) is 1.91. The molecule has 1 heterocycles. The number of hydrogen-bond acceptors (Lipinski definition) is 4. The van der Waals surface area contributed by atoms with Crippen molar-refractivity contribution in [1.29, 1.82) is 0 Å². The maximum Gasteiger partial charge on any atom is 0.145 e. The van der Waals surface area contributed by atoms with Crippen LogP contribution in [0.1, 0.15) is 25.6 Å². The predicted molar refractivity (Wildman–Crippen MR) is 79.4 cm³/mol. The van der Waals surface area contributed by atoms with E-state index in [4.69, 9.17) is 9.47 Å². The van der Waals surface area contributed by atoms with Crippen LogP contribution in [0.15, 0.2) is 42.6 Å². The molecule has 2 aromatic rings. The van der Waals surface area contributed by atoms with Crippen LogP contribution in [0, 0.1) is 0 Å². The minimum Gasteiger partial charge on any atom is -0.494 e. The molecule has 0 radical (unpaired) electrons. The number of pyridine rings is 1. The van der Waals surface area contributed by atoms with E-state index in [1.54, 1.807) is 6.20 Å². The molecule has 0 aliphatic carbocycles. The Kier molecular flexibility index (Phi) is 4.96. The maximum atomic E-state index is 5.77. The molecule has 1 aromatic heterocycles. The Bertz CT molecular complexity index is 540. The predicted octanol–water partition coefficient (Wildman–Crippen LogP) is 3.55. The van der Waals surface area contributed by atoms with Gasteiger partial charge in [0, 0.05) is 12.1 Å². The molecule has 0 spiro atoms. The second kappa shape index (κ2) is 6.91. The zero-order valence-corrected chi connectivity index (χ0v) is 12.1. The summed E-state index contributed by atoms with van der Waals surface area (Å²) in [6, 6.07) is 11.7. The van der Waals surface area contributed by atoms with Crippen LogP contribution in [0.3, 0.4) is 0 Å². The molecule has 0 fully saturated rings. The van der Waals surface area contributed by atoms with Gasteiger partial charge in [-0.1, -0.05) is 6.07 Å². The Labute approximate surface area is 119 Å². The van der Waals surface area contributed by atoms with Crippen LogP contribution in [0.25, 0.3) is 0 Å². The summed E-state index contributed by atoms with van der Waals surface area (Å²) >= 11 is 0. The summed E-state index contributed by atoms with van der Waals surface area (Å²) in [5, 5.41) is 3.15. The summed E-state index contributed by atoms with van der Waals surface area (Å²) in [4.78, 5) is 4.39. The fraction of sp³-hybridized carbons (Fsp3) is 0.312. The van der Waals surface area contributed by atoms with Crippen LogP contribution in [-0.2, 0) is 0 Å². The van der Waals surface area contributed by atoms with Crippen molar-refractivity contribution < 1.29 is 9.47 Å².